The average Bonchev–Trinajstić information content (AvgIpc) is 2.76. The largest absolute Gasteiger partial charge is 0.362 e. The van der Waals surface area contributed by atoms with Crippen molar-refractivity contribution < 1.29 is 0 Å². The maximum absolute atomic E-state index is 4.75. The number of nitrogens with zero attached hydrogens (tertiary/aromatic N) is 1. The highest BCUT2D eigenvalue weighted by atomic mass is 32.2. The third kappa shape index (κ3) is 4.40. The minimum Gasteiger partial charge on any atom is -0.362 e. The van der Waals surface area contributed by atoms with Crippen LogP contribution in [0.4, 0.5) is 0 Å². The monoisotopic (exact) mass is 282 g/mol. The van der Waals surface area contributed by atoms with Gasteiger partial charge in [0.25, 0.3) is 0 Å². The Morgan fingerprint density at radius 1 is 1.21 bits per heavy atom. The smallest absolute Gasteiger partial charge is 0.157 e. The second kappa shape index (κ2) is 7.56. The van der Waals surface area contributed by atoms with Crippen molar-refractivity contribution in [2.24, 2.45) is 16.8 Å². The molecule has 3 unspecified atom stereocenters. The summed E-state index contributed by atoms with van der Waals surface area (Å²) in [6, 6.07) is 0.677. The van der Waals surface area contributed by atoms with E-state index >= 15 is 0 Å². The first-order valence-corrected chi connectivity index (χ1v) is 9.08. The van der Waals surface area contributed by atoms with E-state index in [1.807, 2.05) is 11.8 Å². The van der Waals surface area contributed by atoms with E-state index < -0.39 is 0 Å². The van der Waals surface area contributed by atoms with Crippen LogP contribution in [0.25, 0.3) is 0 Å². The zero-order chi connectivity index (χ0) is 13.7. The number of hydrogen-bond acceptors (Lipinski definition) is 3. The Morgan fingerprint density at radius 2 is 2.00 bits per heavy atom. The average molecular weight is 282 g/mol. The van der Waals surface area contributed by atoms with Gasteiger partial charge in [0.05, 0.1) is 6.54 Å². The van der Waals surface area contributed by atoms with Crippen molar-refractivity contribution >= 4 is 16.9 Å². The van der Waals surface area contributed by atoms with Crippen LogP contribution in [0.3, 0.4) is 0 Å². The molecule has 19 heavy (non-hydrogen) atoms. The van der Waals surface area contributed by atoms with Crippen LogP contribution >= 0.6 is 11.8 Å². The quantitative estimate of drug-likeness (QED) is 0.770. The van der Waals surface area contributed by atoms with Gasteiger partial charge in [0, 0.05) is 11.3 Å². The second-order valence-corrected chi connectivity index (χ2v) is 7.56. The molecular formula is C16H30N2S. The van der Waals surface area contributed by atoms with Gasteiger partial charge in [0.2, 0.25) is 0 Å². The number of thioether (sulfide) groups is 1. The fourth-order valence-corrected chi connectivity index (χ4v) is 4.73. The number of amidine groups is 1. The molecule has 1 aliphatic carbocycles. The molecule has 0 aromatic rings. The molecule has 2 nitrogen and oxygen atoms in total. The van der Waals surface area contributed by atoms with E-state index in [1.165, 1.54) is 50.1 Å². The van der Waals surface area contributed by atoms with Crippen LogP contribution in [0.2, 0.25) is 0 Å². The molecule has 1 fully saturated rings. The van der Waals surface area contributed by atoms with E-state index in [-0.39, 0.29) is 0 Å². The van der Waals surface area contributed by atoms with Crippen molar-refractivity contribution in [2.75, 3.05) is 6.54 Å². The van der Waals surface area contributed by atoms with Gasteiger partial charge >= 0.3 is 0 Å². The summed E-state index contributed by atoms with van der Waals surface area (Å²) in [5.41, 5.74) is 0. The normalized spacial score (nSPS) is 32.2. The molecular weight excluding hydrogens is 252 g/mol. The summed E-state index contributed by atoms with van der Waals surface area (Å²) in [4.78, 5) is 4.75. The third-order valence-electron chi connectivity index (χ3n) is 4.84. The summed E-state index contributed by atoms with van der Waals surface area (Å²) in [5, 5.41) is 5.68. The van der Waals surface area contributed by atoms with Gasteiger partial charge in [-0.25, -0.2) is 0 Å². The number of hydrogen-bond donors (Lipinski definition) is 1. The van der Waals surface area contributed by atoms with Gasteiger partial charge in [-0.1, -0.05) is 58.2 Å². The number of rotatable bonds is 4. The standard InChI is InChI=1S/C16H30N2S/c1-4-13(5-2)15-11-17-16(19-15)18-14-8-6-7-12(3)9-10-14/h12-15H,4-11H2,1-3H3,(H,17,18). The molecule has 0 saturated heterocycles. The van der Waals surface area contributed by atoms with Crippen molar-refractivity contribution in [3.05, 3.63) is 0 Å². The molecule has 0 spiro atoms. The Hall–Kier alpha value is -0.180. The van der Waals surface area contributed by atoms with Crippen LogP contribution in [0.1, 0.15) is 65.7 Å². The van der Waals surface area contributed by atoms with Crippen LogP contribution in [0.15, 0.2) is 4.99 Å². The summed E-state index contributed by atoms with van der Waals surface area (Å²) in [7, 11) is 0. The van der Waals surface area contributed by atoms with Gasteiger partial charge < -0.3 is 5.32 Å². The van der Waals surface area contributed by atoms with Gasteiger partial charge in [-0.2, -0.15) is 0 Å². The Bertz CT molecular complexity index is 299. The summed E-state index contributed by atoms with van der Waals surface area (Å²) in [6.45, 7) is 8.05. The molecule has 110 valence electrons. The Kier molecular flexibility index (Phi) is 6.06. The molecule has 2 aliphatic rings. The third-order valence-corrected chi connectivity index (χ3v) is 6.14. The lowest BCUT2D eigenvalue weighted by Crippen LogP contribution is -2.32. The molecule has 0 bridgehead atoms. The highest BCUT2D eigenvalue weighted by Gasteiger charge is 2.27. The molecule has 0 aromatic heterocycles. The highest BCUT2D eigenvalue weighted by molar-refractivity contribution is 8.14. The first-order valence-electron chi connectivity index (χ1n) is 8.20. The van der Waals surface area contributed by atoms with Gasteiger partial charge in [-0.05, 0) is 31.1 Å². The van der Waals surface area contributed by atoms with Crippen molar-refractivity contribution in [2.45, 2.75) is 77.0 Å². The molecule has 0 radical (unpaired) electrons. The minimum atomic E-state index is 0.677. The SMILES string of the molecule is CCC(CC)C1CN=C(NC2CCCC(C)CC2)S1. The van der Waals surface area contributed by atoms with Crippen molar-refractivity contribution in [1.29, 1.82) is 0 Å². The Morgan fingerprint density at radius 3 is 2.74 bits per heavy atom. The molecule has 3 heteroatoms. The molecule has 2 rings (SSSR count). The molecule has 1 saturated carbocycles. The zero-order valence-corrected chi connectivity index (χ0v) is 13.6. The van der Waals surface area contributed by atoms with Crippen molar-refractivity contribution in [3.63, 3.8) is 0 Å². The van der Waals surface area contributed by atoms with Crippen LogP contribution < -0.4 is 5.32 Å². The van der Waals surface area contributed by atoms with Crippen molar-refractivity contribution in [1.82, 2.24) is 5.32 Å². The summed E-state index contributed by atoms with van der Waals surface area (Å²) in [5.74, 6) is 1.75. The van der Waals surface area contributed by atoms with E-state index in [0.29, 0.717) is 6.04 Å². The second-order valence-electron chi connectivity index (χ2n) is 6.33. The van der Waals surface area contributed by atoms with Crippen molar-refractivity contribution in [3.8, 4) is 0 Å². The van der Waals surface area contributed by atoms with Gasteiger partial charge in [0.1, 0.15) is 0 Å². The summed E-state index contributed by atoms with van der Waals surface area (Å²) in [6.07, 6.45) is 9.41. The first-order chi connectivity index (χ1) is 9.22. The Balaban J connectivity index is 1.78. The molecule has 0 aromatic carbocycles. The van der Waals surface area contributed by atoms with E-state index in [4.69, 9.17) is 4.99 Å². The number of aliphatic imine (C=N–C) groups is 1. The van der Waals surface area contributed by atoms with E-state index in [9.17, 15) is 0 Å². The molecule has 1 N–H and O–H groups in total. The molecule has 1 heterocycles. The molecule has 1 aliphatic heterocycles. The maximum atomic E-state index is 4.75. The van der Waals surface area contributed by atoms with Crippen LogP contribution in [-0.2, 0) is 0 Å². The van der Waals surface area contributed by atoms with E-state index in [0.717, 1.165) is 23.6 Å². The van der Waals surface area contributed by atoms with Gasteiger partial charge in [-0.15, -0.1) is 0 Å². The van der Waals surface area contributed by atoms with Gasteiger partial charge in [0.15, 0.2) is 5.17 Å². The van der Waals surface area contributed by atoms with E-state index in [2.05, 4.69) is 26.1 Å². The summed E-state index contributed by atoms with van der Waals surface area (Å²) >= 11 is 2.01. The maximum Gasteiger partial charge on any atom is 0.157 e. The Labute approximate surface area is 123 Å². The van der Waals surface area contributed by atoms with Crippen LogP contribution in [0.5, 0.6) is 0 Å². The summed E-state index contributed by atoms with van der Waals surface area (Å²) < 4.78 is 0. The topological polar surface area (TPSA) is 24.4 Å². The van der Waals surface area contributed by atoms with Crippen LogP contribution in [0, 0.1) is 11.8 Å². The van der Waals surface area contributed by atoms with Crippen LogP contribution in [-0.4, -0.2) is 23.0 Å². The predicted octanol–water partition coefficient (Wildman–Crippen LogP) is 4.45. The highest BCUT2D eigenvalue weighted by Crippen LogP contribution is 2.31. The van der Waals surface area contributed by atoms with Gasteiger partial charge in [-0.3, -0.25) is 4.99 Å². The lowest BCUT2D eigenvalue weighted by Gasteiger charge is -2.20. The van der Waals surface area contributed by atoms with E-state index in [1.54, 1.807) is 0 Å². The molecule has 3 atom stereocenters. The lowest BCUT2D eigenvalue weighted by atomic mass is 9.99. The molecule has 0 amide bonds. The minimum absolute atomic E-state index is 0.677. The first kappa shape index (κ1) is 15.2. The zero-order valence-electron chi connectivity index (χ0n) is 12.8. The lowest BCUT2D eigenvalue weighted by molar-refractivity contribution is 0.479. The fraction of sp³-hybridized carbons (Fsp3) is 0.938. The fourth-order valence-electron chi connectivity index (χ4n) is 3.34. The predicted molar refractivity (Wildman–Crippen MR) is 86.9 cm³/mol. The number of nitrogens with one attached hydrogen (secondary N) is 1.